The van der Waals surface area contributed by atoms with Crippen LogP contribution < -0.4 is 15.0 Å². The first-order chi connectivity index (χ1) is 13.6. The number of amides is 1. The van der Waals surface area contributed by atoms with Gasteiger partial charge in [-0.1, -0.05) is 24.3 Å². The summed E-state index contributed by atoms with van der Waals surface area (Å²) in [4.78, 5) is 26.0. The predicted octanol–water partition coefficient (Wildman–Crippen LogP) is 4.37. The zero-order chi connectivity index (χ0) is 19.7. The highest BCUT2D eigenvalue weighted by molar-refractivity contribution is 6.12. The molecule has 0 radical (unpaired) electrons. The summed E-state index contributed by atoms with van der Waals surface area (Å²) in [5.74, 6) is 0.423. The highest BCUT2D eigenvalue weighted by Gasteiger charge is 2.37. The van der Waals surface area contributed by atoms with E-state index in [1.165, 1.54) is 11.0 Å². The van der Waals surface area contributed by atoms with Crippen LogP contribution >= 0.6 is 0 Å². The minimum Gasteiger partial charge on any atom is -0.497 e. The van der Waals surface area contributed by atoms with Crippen molar-refractivity contribution in [3.8, 4) is 5.75 Å². The zero-order valence-corrected chi connectivity index (χ0v) is 15.0. The van der Waals surface area contributed by atoms with Crippen LogP contribution in [0.2, 0.25) is 0 Å². The number of benzene rings is 3. The van der Waals surface area contributed by atoms with Crippen LogP contribution in [-0.2, 0) is 0 Å². The molecule has 1 atom stereocenters. The first-order valence-corrected chi connectivity index (χ1v) is 8.66. The topological polar surface area (TPSA) is 84.7 Å². The van der Waals surface area contributed by atoms with E-state index in [9.17, 15) is 14.9 Å². The third-order valence-electron chi connectivity index (χ3n) is 4.71. The monoisotopic (exact) mass is 375 g/mol. The molecule has 1 aliphatic heterocycles. The fourth-order valence-corrected chi connectivity index (χ4v) is 3.37. The Hall–Kier alpha value is -3.87. The van der Waals surface area contributed by atoms with E-state index in [-0.39, 0.29) is 11.6 Å². The Labute approximate surface area is 161 Å². The molecular weight excluding hydrogens is 358 g/mol. The number of nitro benzene ring substituents is 1. The molecular formula is C21H17N3O4. The minimum atomic E-state index is -0.725. The number of nitrogens with zero attached hydrogens (tertiary/aromatic N) is 2. The molecule has 0 aliphatic carbocycles. The third kappa shape index (κ3) is 2.92. The molecule has 28 heavy (non-hydrogen) atoms. The van der Waals surface area contributed by atoms with Crippen LogP contribution in [-0.4, -0.2) is 17.9 Å². The Morgan fingerprint density at radius 1 is 1.00 bits per heavy atom. The summed E-state index contributed by atoms with van der Waals surface area (Å²) in [6, 6.07) is 20.6. The number of nitro groups is 1. The summed E-state index contributed by atoms with van der Waals surface area (Å²) in [5, 5.41) is 14.9. The van der Waals surface area contributed by atoms with Crippen molar-refractivity contribution >= 4 is 23.0 Å². The molecule has 0 spiro atoms. The number of rotatable bonds is 4. The number of methoxy groups -OCH3 is 1. The molecule has 0 aromatic heterocycles. The van der Waals surface area contributed by atoms with Gasteiger partial charge in [0.25, 0.3) is 11.6 Å². The number of carbonyl (C=O) groups is 1. The molecule has 7 heteroatoms. The lowest BCUT2D eigenvalue weighted by Crippen LogP contribution is -2.43. The second-order valence-electron chi connectivity index (χ2n) is 6.28. The fraction of sp³-hybridized carbons (Fsp3) is 0.0952. The molecule has 7 nitrogen and oxygen atoms in total. The molecule has 1 aliphatic rings. The predicted molar refractivity (Wildman–Crippen MR) is 106 cm³/mol. The molecule has 1 N–H and O–H groups in total. The van der Waals surface area contributed by atoms with Crippen molar-refractivity contribution in [1.29, 1.82) is 0 Å². The van der Waals surface area contributed by atoms with Crippen LogP contribution in [0.25, 0.3) is 0 Å². The first kappa shape index (κ1) is 17.5. The molecule has 0 saturated heterocycles. The van der Waals surface area contributed by atoms with Gasteiger partial charge in [-0.25, -0.2) is 0 Å². The first-order valence-electron chi connectivity index (χ1n) is 8.66. The second-order valence-corrected chi connectivity index (χ2v) is 6.28. The lowest BCUT2D eigenvalue weighted by atomic mass is 10.0. The molecule has 3 aromatic rings. The Morgan fingerprint density at radius 2 is 1.68 bits per heavy atom. The number of carbonyl (C=O) groups excluding carboxylic acids is 1. The zero-order valence-electron chi connectivity index (χ0n) is 15.0. The Balaban J connectivity index is 1.89. The Kier molecular flexibility index (Phi) is 4.41. The van der Waals surface area contributed by atoms with Gasteiger partial charge in [-0.05, 0) is 42.5 Å². The van der Waals surface area contributed by atoms with Gasteiger partial charge in [0.05, 0.1) is 23.2 Å². The van der Waals surface area contributed by atoms with E-state index in [4.69, 9.17) is 4.74 Å². The molecule has 3 aromatic carbocycles. The molecule has 1 heterocycles. The average Bonchev–Trinajstić information content (AvgIpc) is 2.74. The van der Waals surface area contributed by atoms with Crippen molar-refractivity contribution in [3.05, 3.63) is 94.0 Å². The van der Waals surface area contributed by atoms with Gasteiger partial charge in [0.1, 0.15) is 11.9 Å². The minimum absolute atomic E-state index is 0.0503. The summed E-state index contributed by atoms with van der Waals surface area (Å²) in [6.45, 7) is 0. The van der Waals surface area contributed by atoms with Gasteiger partial charge in [0.2, 0.25) is 0 Å². The largest absolute Gasteiger partial charge is 0.497 e. The maximum absolute atomic E-state index is 13.3. The van der Waals surface area contributed by atoms with Crippen molar-refractivity contribution in [3.63, 3.8) is 0 Å². The fourth-order valence-electron chi connectivity index (χ4n) is 3.37. The summed E-state index contributed by atoms with van der Waals surface area (Å²) in [7, 11) is 1.56. The van der Waals surface area contributed by atoms with Gasteiger partial charge in [-0.15, -0.1) is 0 Å². The van der Waals surface area contributed by atoms with Crippen molar-refractivity contribution in [2.75, 3.05) is 17.3 Å². The van der Waals surface area contributed by atoms with Gasteiger partial charge < -0.3 is 10.1 Å². The van der Waals surface area contributed by atoms with Gasteiger partial charge >= 0.3 is 0 Å². The maximum atomic E-state index is 13.3. The van der Waals surface area contributed by atoms with E-state index in [0.29, 0.717) is 28.3 Å². The van der Waals surface area contributed by atoms with Crippen molar-refractivity contribution in [1.82, 2.24) is 0 Å². The average molecular weight is 375 g/mol. The number of ether oxygens (including phenoxy) is 1. The quantitative estimate of drug-likeness (QED) is 0.540. The summed E-state index contributed by atoms with van der Waals surface area (Å²) >= 11 is 0. The molecule has 0 fully saturated rings. The van der Waals surface area contributed by atoms with Crippen molar-refractivity contribution < 1.29 is 14.5 Å². The number of para-hydroxylation sites is 2. The van der Waals surface area contributed by atoms with Gasteiger partial charge in [0, 0.05) is 17.4 Å². The highest BCUT2D eigenvalue weighted by Crippen LogP contribution is 2.39. The number of hydrogen-bond donors (Lipinski definition) is 1. The van der Waals surface area contributed by atoms with Crippen molar-refractivity contribution in [2.24, 2.45) is 0 Å². The van der Waals surface area contributed by atoms with Crippen LogP contribution in [0.3, 0.4) is 0 Å². The third-order valence-corrected chi connectivity index (χ3v) is 4.71. The van der Waals surface area contributed by atoms with Gasteiger partial charge in [-0.2, -0.15) is 0 Å². The number of anilines is 2. The molecule has 140 valence electrons. The van der Waals surface area contributed by atoms with E-state index in [0.717, 1.165) is 0 Å². The summed E-state index contributed by atoms with van der Waals surface area (Å²) < 4.78 is 5.19. The van der Waals surface area contributed by atoms with Gasteiger partial charge in [-0.3, -0.25) is 19.8 Å². The summed E-state index contributed by atoms with van der Waals surface area (Å²) in [6.07, 6.45) is -0.725. The van der Waals surface area contributed by atoms with Gasteiger partial charge in [0.15, 0.2) is 0 Å². The lowest BCUT2D eigenvalue weighted by Gasteiger charge is -2.37. The smallest absolute Gasteiger partial charge is 0.276 e. The van der Waals surface area contributed by atoms with Crippen LogP contribution in [0.5, 0.6) is 5.75 Å². The van der Waals surface area contributed by atoms with Crippen LogP contribution in [0.15, 0.2) is 72.8 Å². The SMILES string of the molecule is COc1ccc(N2C(=O)c3ccccc3N[C@@H]2c2ccccc2[N+](=O)[O-])cc1. The van der Waals surface area contributed by atoms with E-state index in [1.807, 2.05) is 6.07 Å². The van der Waals surface area contributed by atoms with Crippen molar-refractivity contribution in [2.45, 2.75) is 6.17 Å². The molecule has 0 saturated carbocycles. The normalized spacial score (nSPS) is 15.5. The Morgan fingerprint density at radius 3 is 2.39 bits per heavy atom. The number of fused-ring (bicyclic) bond motifs is 1. The highest BCUT2D eigenvalue weighted by atomic mass is 16.6. The molecule has 0 unspecified atom stereocenters. The van der Waals surface area contributed by atoms with Crippen LogP contribution in [0.1, 0.15) is 22.1 Å². The lowest BCUT2D eigenvalue weighted by molar-refractivity contribution is -0.385. The standard InChI is InChI=1S/C21H17N3O4/c1-28-15-12-10-14(11-13-15)23-20(17-7-3-5-9-19(17)24(26)27)22-18-8-4-2-6-16(18)21(23)25/h2-13,20,22H,1H3/t20-/m0/s1. The number of hydrogen-bond acceptors (Lipinski definition) is 5. The molecule has 1 amide bonds. The molecule has 4 rings (SSSR count). The van der Waals surface area contributed by atoms with E-state index in [1.54, 1.807) is 67.8 Å². The Bertz CT molecular complexity index is 1050. The second kappa shape index (κ2) is 7.03. The number of nitrogens with one attached hydrogen (secondary N) is 1. The maximum Gasteiger partial charge on any atom is 0.276 e. The molecule has 0 bridgehead atoms. The van der Waals surface area contributed by atoms with E-state index >= 15 is 0 Å². The summed E-state index contributed by atoms with van der Waals surface area (Å²) in [5.41, 5.74) is 2.11. The van der Waals surface area contributed by atoms with E-state index < -0.39 is 11.1 Å². The van der Waals surface area contributed by atoms with Crippen LogP contribution in [0.4, 0.5) is 17.1 Å². The van der Waals surface area contributed by atoms with Crippen LogP contribution in [0, 0.1) is 10.1 Å². The van der Waals surface area contributed by atoms with E-state index in [2.05, 4.69) is 5.32 Å².